The Morgan fingerprint density at radius 3 is 2.22 bits per heavy atom. The van der Waals surface area contributed by atoms with E-state index in [1.807, 2.05) is 4.98 Å². The van der Waals surface area contributed by atoms with Gasteiger partial charge in [-0.1, -0.05) is 0 Å². The first-order valence-corrected chi connectivity index (χ1v) is 7.85. The van der Waals surface area contributed by atoms with Gasteiger partial charge < -0.3 is 4.74 Å². The fourth-order valence-corrected chi connectivity index (χ4v) is 3.23. The molecule has 2 heterocycles. The number of nitrogens with zero attached hydrogens (tertiary/aromatic N) is 1. The molecule has 0 aliphatic carbocycles. The summed E-state index contributed by atoms with van der Waals surface area (Å²) in [5.74, 6) is -12.1. The van der Waals surface area contributed by atoms with Crippen molar-refractivity contribution in [3.8, 4) is 0 Å². The summed E-state index contributed by atoms with van der Waals surface area (Å²) in [5.41, 5.74) is -2.80. The second-order valence-electron chi connectivity index (χ2n) is 5.27. The first kappa shape index (κ1) is 18.8. The van der Waals surface area contributed by atoms with E-state index in [9.17, 15) is 36.3 Å². The zero-order chi connectivity index (χ0) is 20.0. The number of benzene rings is 1. The number of aromatic nitrogens is 2. The second-order valence-corrected chi connectivity index (χ2v) is 6.30. The van der Waals surface area contributed by atoms with E-state index in [2.05, 4.69) is 4.74 Å². The molecule has 0 bridgehead atoms. The molecule has 0 saturated carbocycles. The fraction of sp³-hybridized carbons (Fsp3) is 0.133. The van der Waals surface area contributed by atoms with Crippen molar-refractivity contribution in [3.05, 3.63) is 66.4 Å². The maximum absolute atomic E-state index is 13.6. The number of thiophene rings is 1. The first-order chi connectivity index (χ1) is 12.6. The molecule has 142 valence electrons. The number of H-pyrrole nitrogens is 1. The standard InChI is InChI=1S/C15H7F5N2O4S/c1-22-13-4(12(23)21-15(22)25)2-6(27-13)14(24)26-3-5-7(16)9(18)11(20)10(19)8(5)17/h2H,3H2,1H3,(H,21,23,25). The predicted molar refractivity (Wildman–Crippen MR) is 83.0 cm³/mol. The predicted octanol–water partition coefficient (Wildman–Crippen LogP) is 2.34. The van der Waals surface area contributed by atoms with E-state index in [0.29, 0.717) is 11.3 Å². The van der Waals surface area contributed by atoms with Gasteiger partial charge in [0, 0.05) is 7.05 Å². The molecule has 3 rings (SSSR count). The molecule has 0 amide bonds. The number of aromatic amines is 1. The van der Waals surface area contributed by atoms with Crippen molar-refractivity contribution in [3.63, 3.8) is 0 Å². The molecular weight excluding hydrogens is 399 g/mol. The third-order valence-corrected chi connectivity index (χ3v) is 4.83. The molecule has 1 N–H and O–H groups in total. The zero-order valence-electron chi connectivity index (χ0n) is 13.2. The molecule has 0 fully saturated rings. The Bertz CT molecular complexity index is 1180. The van der Waals surface area contributed by atoms with E-state index in [0.717, 1.165) is 10.6 Å². The summed E-state index contributed by atoms with van der Waals surface area (Å²) in [4.78, 5) is 37.2. The average Bonchev–Trinajstić information content (AvgIpc) is 3.09. The molecule has 0 unspecified atom stereocenters. The van der Waals surface area contributed by atoms with Crippen LogP contribution in [0.2, 0.25) is 0 Å². The van der Waals surface area contributed by atoms with E-state index in [4.69, 9.17) is 0 Å². The topological polar surface area (TPSA) is 81.2 Å². The summed E-state index contributed by atoms with van der Waals surface area (Å²) < 4.78 is 72.1. The Labute approximate surface area is 149 Å². The highest BCUT2D eigenvalue weighted by Crippen LogP contribution is 2.25. The lowest BCUT2D eigenvalue weighted by molar-refractivity contribution is 0.0468. The van der Waals surface area contributed by atoms with Crippen molar-refractivity contribution in [2.75, 3.05) is 0 Å². The maximum Gasteiger partial charge on any atom is 0.348 e. The van der Waals surface area contributed by atoms with Crippen molar-refractivity contribution in [1.82, 2.24) is 9.55 Å². The number of aryl methyl sites for hydroxylation is 1. The monoisotopic (exact) mass is 406 g/mol. The Morgan fingerprint density at radius 2 is 1.63 bits per heavy atom. The fourth-order valence-electron chi connectivity index (χ4n) is 2.22. The van der Waals surface area contributed by atoms with Crippen molar-refractivity contribution in [2.45, 2.75) is 6.61 Å². The minimum atomic E-state index is -2.33. The number of hydrogen-bond donors (Lipinski definition) is 1. The van der Waals surface area contributed by atoms with Gasteiger partial charge in [-0.2, -0.15) is 0 Å². The first-order valence-electron chi connectivity index (χ1n) is 7.03. The van der Waals surface area contributed by atoms with Crippen LogP contribution in [-0.2, 0) is 18.4 Å². The van der Waals surface area contributed by atoms with Crippen molar-refractivity contribution >= 4 is 27.5 Å². The largest absolute Gasteiger partial charge is 0.456 e. The molecule has 0 radical (unpaired) electrons. The van der Waals surface area contributed by atoms with Gasteiger partial charge in [0.1, 0.15) is 16.3 Å². The molecule has 3 aromatic rings. The summed E-state index contributed by atoms with van der Waals surface area (Å²) >= 11 is 0.685. The van der Waals surface area contributed by atoms with E-state index in [1.54, 1.807) is 0 Å². The number of hydrogen-bond acceptors (Lipinski definition) is 5. The van der Waals surface area contributed by atoms with Crippen LogP contribution in [-0.4, -0.2) is 15.5 Å². The maximum atomic E-state index is 13.6. The molecule has 2 aromatic heterocycles. The van der Waals surface area contributed by atoms with Crippen molar-refractivity contribution in [1.29, 1.82) is 0 Å². The lowest BCUT2D eigenvalue weighted by Gasteiger charge is -2.08. The van der Waals surface area contributed by atoms with Crippen molar-refractivity contribution < 1.29 is 31.5 Å². The second kappa shape index (κ2) is 6.61. The third kappa shape index (κ3) is 3.01. The number of fused-ring (bicyclic) bond motifs is 1. The molecule has 12 heteroatoms. The summed E-state index contributed by atoms with van der Waals surface area (Å²) in [5, 5.41) is -0.00900. The van der Waals surface area contributed by atoms with Gasteiger partial charge in [-0.25, -0.2) is 31.5 Å². The average molecular weight is 406 g/mol. The Balaban J connectivity index is 1.93. The van der Waals surface area contributed by atoms with Crippen LogP contribution in [0, 0.1) is 29.1 Å². The summed E-state index contributed by atoms with van der Waals surface area (Å²) in [6.07, 6.45) is 0. The number of ether oxygens (including phenoxy) is 1. The van der Waals surface area contributed by atoms with Gasteiger partial charge in [0.25, 0.3) is 5.56 Å². The molecular formula is C15H7F5N2O4S. The molecule has 6 nitrogen and oxygen atoms in total. The van der Waals surface area contributed by atoms with Crippen LogP contribution in [0.4, 0.5) is 22.0 Å². The number of halogens is 5. The normalized spacial score (nSPS) is 11.2. The number of esters is 1. The Morgan fingerprint density at radius 1 is 1.07 bits per heavy atom. The van der Waals surface area contributed by atoms with Gasteiger partial charge in [0.2, 0.25) is 5.82 Å². The molecule has 0 aliphatic rings. The number of carbonyl (C=O) groups excluding carboxylic acids is 1. The van der Waals surface area contributed by atoms with Crippen LogP contribution >= 0.6 is 11.3 Å². The third-order valence-electron chi connectivity index (χ3n) is 3.64. The highest BCUT2D eigenvalue weighted by Gasteiger charge is 2.27. The lowest BCUT2D eigenvalue weighted by atomic mass is 10.2. The van der Waals surface area contributed by atoms with E-state index in [1.165, 1.54) is 7.05 Å². The Kier molecular flexibility index (Phi) is 4.59. The van der Waals surface area contributed by atoms with Crippen LogP contribution in [0.3, 0.4) is 0 Å². The quantitative estimate of drug-likeness (QED) is 0.313. The van der Waals surface area contributed by atoms with Gasteiger partial charge in [0.15, 0.2) is 23.3 Å². The molecule has 0 aliphatic heterocycles. The summed E-state index contributed by atoms with van der Waals surface area (Å²) in [6.45, 7) is -1.23. The number of rotatable bonds is 3. The summed E-state index contributed by atoms with van der Waals surface area (Å²) in [7, 11) is 1.33. The molecule has 0 atom stereocenters. The zero-order valence-corrected chi connectivity index (χ0v) is 14.0. The number of carbonyl (C=O) groups is 1. The van der Waals surface area contributed by atoms with Crippen LogP contribution < -0.4 is 11.2 Å². The minimum absolute atomic E-state index is 0.00900. The Hall–Kier alpha value is -3.02. The SMILES string of the molecule is Cn1c(=O)[nH]c(=O)c2cc(C(=O)OCc3c(F)c(F)c(F)c(F)c3F)sc21. The van der Waals surface area contributed by atoms with Gasteiger partial charge in [-0.3, -0.25) is 14.3 Å². The lowest BCUT2D eigenvalue weighted by Crippen LogP contribution is -2.27. The van der Waals surface area contributed by atoms with Crippen LogP contribution in [0.5, 0.6) is 0 Å². The molecule has 27 heavy (non-hydrogen) atoms. The highest BCUT2D eigenvalue weighted by atomic mass is 32.1. The van der Waals surface area contributed by atoms with E-state index >= 15 is 0 Å². The van der Waals surface area contributed by atoms with Gasteiger partial charge in [-0.05, 0) is 6.07 Å². The number of nitrogens with one attached hydrogen (secondary N) is 1. The minimum Gasteiger partial charge on any atom is -0.456 e. The van der Waals surface area contributed by atoms with E-state index < -0.39 is 58.5 Å². The summed E-state index contributed by atoms with van der Waals surface area (Å²) in [6, 6.07) is 1.08. The molecule has 0 spiro atoms. The van der Waals surface area contributed by atoms with Crippen molar-refractivity contribution in [2.24, 2.45) is 7.05 Å². The van der Waals surface area contributed by atoms with Crippen LogP contribution in [0.15, 0.2) is 15.7 Å². The van der Waals surface area contributed by atoms with Gasteiger partial charge in [-0.15, -0.1) is 11.3 Å². The highest BCUT2D eigenvalue weighted by molar-refractivity contribution is 7.20. The van der Waals surface area contributed by atoms with Gasteiger partial charge in [0.05, 0.1) is 10.9 Å². The van der Waals surface area contributed by atoms with Gasteiger partial charge >= 0.3 is 11.7 Å². The smallest absolute Gasteiger partial charge is 0.348 e. The molecule has 1 aromatic carbocycles. The van der Waals surface area contributed by atoms with E-state index in [-0.39, 0.29) is 15.1 Å². The van der Waals surface area contributed by atoms with Crippen LogP contribution in [0.1, 0.15) is 15.2 Å². The van der Waals surface area contributed by atoms with Crippen LogP contribution in [0.25, 0.3) is 10.2 Å². The molecule has 0 saturated heterocycles.